The lowest BCUT2D eigenvalue weighted by Crippen LogP contribution is -2.33. The van der Waals surface area contributed by atoms with Crippen LogP contribution in [0.3, 0.4) is 0 Å². The van der Waals surface area contributed by atoms with Gasteiger partial charge in [0.2, 0.25) is 0 Å². The standard InChI is InChI=1S/C29H22FN9O/c1-37-27-22-11-21(24(30)12-25(22)36-28(31)23(27)15-35-37)29(40)38(19-8-9-19)16-18-6-4-17(13-32-18)5-7-20-14-33-26-3-2-10-34-39(20)26/h2-4,6,10-15,19H,8-9,16H2,1H3,(H2,31,36). The van der Waals surface area contributed by atoms with Gasteiger partial charge in [-0.2, -0.15) is 10.2 Å². The van der Waals surface area contributed by atoms with Gasteiger partial charge in [0.15, 0.2) is 5.65 Å². The Morgan fingerprint density at radius 2 is 1.98 bits per heavy atom. The highest BCUT2D eigenvalue weighted by Gasteiger charge is 2.34. The molecule has 5 heterocycles. The van der Waals surface area contributed by atoms with Crippen molar-refractivity contribution >= 4 is 39.2 Å². The van der Waals surface area contributed by atoms with Crippen molar-refractivity contribution in [1.29, 1.82) is 0 Å². The molecular formula is C29H22FN9O. The van der Waals surface area contributed by atoms with Crippen LogP contribution in [0.2, 0.25) is 0 Å². The van der Waals surface area contributed by atoms with E-state index in [1.54, 1.807) is 52.0 Å². The fourth-order valence-electron chi connectivity index (χ4n) is 4.87. The Labute approximate surface area is 227 Å². The summed E-state index contributed by atoms with van der Waals surface area (Å²) >= 11 is 0. The number of hydrogen-bond donors (Lipinski definition) is 1. The number of rotatable bonds is 4. The highest BCUT2D eigenvalue weighted by atomic mass is 19.1. The number of carbonyl (C=O) groups is 1. The van der Waals surface area contributed by atoms with E-state index in [2.05, 4.69) is 37.0 Å². The Bertz CT molecular complexity index is 2010. The van der Waals surface area contributed by atoms with Crippen molar-refractivity contribution in [3.63, 3.8) is 0 Å². The van der Waals surface area contributed by atoms with E-state index in [-0.39, 0.29) is 29.9 Å². The minimum Gasteiger partial charge on any atom is -0.383 e. The molecule has 1 amide bonds. The maximum absolute atomic E-state index is 15.3. The average molecular weight is 532 g/mol. The zero-order valence-corrected chi connectivity index (χ0v) is 21.4. The second-order valence-electron chi connectivity index (χ2n) is 9.77. The van der Waals surface area contributed by atoms with Crippen molar-refractivity contribution in [2.24, 2.45) is 7.05 Å². The van der Waals surface area contributed by atoms with Crippen LogP contribution in [0, 0.1) is 17.7 Å². The summed E-state index contributed by atoms with van der Waals surface area (Å²) in [5, 5.41) is 9.80. The number of amides is 1. The van der Waals surface area contributed by atoms with Crippen molar-refractivity contribution in [3.8, 4) is 11.8 Å². The third-order valence-electron chi connectivity index (χ3n) is 7.04. The van der Waals surface area contributed by atoms with Crippen molar-refractivity contribution in [1.82, 2.24) is 39.2 Å². The molecule has 40 heavy (non-hydrogen) atoms. The predicted molar refractivity (Wildman–Crippen MR) is 146 cm³/mol. The van der Waals surface area contributed by atoms with Gasteiger partial charge in [0.05, 0.1) is 46.6 Å². The minimum absolute atomic E-state index is 0.0161. The molecule has 6 aromatic rings. The van der Waals surface area contributed by atoms with E-state index in [0.717, 1.165) is 18.5 Å². The van der Waals surface area contributed by atoms with Gasteiger partial charge in [-0.1, -0.05) is 5.92 Å². The summed E-state index contributed by atoms with van der Waals surface area (Å²) in [6.45, 7) is 0.257. The van der Waals surface area contributed by atoms with Crippen molar-refractivity contribution in [2.75, 3.05) is 5.73 Å². The molecule has 0 radical (unpaired) electrons. The highest BCUT2D eigenvalue weighted by Crippen LogP contribution is 2.33. The Morgan fingerprint density at radius 3 is 2.77 bits per heavy atom. The van der Waals surface area contributed by atoms with E-state index in [1.807, 2.05) is 24.3 Å². The summed E-state index contributed by atoms with van der Waals surface area (Å²) in [5.74, 6) is 5.39. The molecule has 1 fully saturated rings. The Kier molecular flexibility index (Phi) is 5.41. The van der Waals surface area contributed by atoms with Gasteiger partial charge in [0, 0.05) is 42.5 Å². The van der Waals surface area contributed by atoms with Crippen LogP contribution in [-0.4, -0.2) is 51.2 Å². The minimum atomic E-state index is -0.642. The van der Waals surface area contributed by atoms with Crippen LogP contribution in [0.5, 0.6) is 0 Å². The molecule has 0 aliphatic heterocycles. The largest absolute Gasteiger partial charge is 0.383 e. The Balaban J connectivity index is 1.16. The number of imidazole rings is 1. The predicted octanol–water partition coefficient (Wildman–Crippen LogP) is 3.49. The number of aromatic nitrogens is 7. The van der Waals surface area contributed by atoms with Gasteiger partial charge < -0.3 is 10.6 Å². The van der Waals surface area contributed by atoms with Gasteiger partial charge in [0.1, 0.15) is 17.3 Å². The normalized spacial score (nSPS) is 13.1. The van der Waals surface area contributed by atoms with Gasteiger partial charge in [0.25, 0.3) is 5.91 Å². The summed E-state index contributed by atoms with van der Waals surface area (Å²) in [6.07, 6.45) is 8.36. The third kappa shape index (κ3) is 4.06. The van der Waals surface area contributed by atoms with Gasteiger partial charge >= 0.3 is 0 Å². The van der Waals surface area contributed by atoms with Crippen LogP contribution in [0.1, 0.15) is 40.2 Å². The second-order valence-corrected chi connectivity index (χ2v) is 9.77. The number of carbonyl (C=O) groups excluding carboxylic acids is 1. The number of nitrogens with two attached hydrogens (primary N) is 1. The third-order valence-corrected chi connectivity index (χ3v) is 7.04. The van der Waals surface area contributed by atoms with Crippen LogP contribution in [0.4, 0.5) is 10.2 Å². The number of nitrogens with zero attached hydrogens (tertiary/aromatic N) is 8. The summed E-state index contributed by atoms with van der Waals surface area (Å²) in [6, 6.07) is 10.2. The molecule has 0 atom stereocenters. The second kappa shape index (κ2) is 9.13. The molecule has 2 N–H and O–H groups in total. The van der Waals surface area contributed by atoms with E-state index in [1.165, 1.54) is 6.07 Å². The average Bonchev–Trinajstić information content (AvgIpc) is 3.60. The zero-order valence-electron chi connectivity index (χ0n) is 21.4. The number of hydrogen-bond acceptors (Lipinski definition) is 7. The van der Waals surface area contributed by atoms with Gasteiger partial charge in [-0.15, -0.1) is 0 Å². The fourth-order valence-corrected chi connectivity index (χ4v) is 4.87. The van der Waals surface area contributed by atoms with Crippen LogP contribution in [0.25, 0.3) is 27.5 Å². The molecule has 0 spiro atoms. The molecular weight excluding hydrogens is 509 g/mol. The van der Waals surface area contributed by atoms with Gasteiger partial charge in [-0.05, 0) is 49.1 Å². The molecule has 1 aliphatic rings. The van der Waals surface area contributed by atoms with E-state index < -0.39 is 5.82 Å². The summed E-state index contributed by atoms with van der Waals surface area (Å²) in [4.78, 5) is 28.5. The SMILES string of the molecule is Cn1ncc2c(N)nc3cc(F)c(C(=O)N(Cc4ccc(C#Cc5cnc6cccnn56)cn4)C4CC4)cc3c21. The lowest BCUT2D eigenvalue weighted by atomic mass is 10.1. The number of nitrogen functional groups attached to an aromatic ring is 1. The first-order valence-electron chi connectivity index (χ1n) is 12.7. The van der Waals surface area contributed by atoms with Crippen molar-refractivity contribution in [2.45, 2.75) is 25.4 Å². The molecule has 1 aliphatic carbocycles. The smallest absolute Gasteiger partial charge is 0.257 e. The Morgan fingerprint density at radius 1 is 1.10 bits per heavy atom. The molecule has 5 aromatic heterocycles. The lowest BCUT2D eigenvalue weighted by molar-refractivity contribution is 0.0723. The zero-order chi connectivity index (χ0) is 27.4. The molecule has 1 saturated carbocycles. The number of fused-ring (bicyclic) bond motifs is 4. The van der Waals surface area contributed by atoms with Gasteiger partial charge in [-0.25, -0.2) is 18.9 Å². The van der Waals surface area contributed by atoms with Crippen LogP contribution in [0.15, 0.2) is 61.2 Å². The maximum Gasteiger partial charge on any atom is 0.257 e. The molecule has 1 aromatic carbocycles. The van der Waals surface area contributed by atoms with E-state index >= 15 is 4.39 Å². The van der Waals surface area contributed by atoms with Gasteiger partial charge in [-0.3, -0.25) is 14.5 Å². The fraction of sp³-hybridized carbons (Fsp3) is 0.172. The molecule has 7 rings (SSSR count). The monoisotopic (exact) mass is 531 g/mol. The number of halogens is 1. The summed E-state index contributed by atoms with van der Waals surface area (Å²) < 4.78 is 18.6. The van der Waals surface area contributed by atoms with Crippen molar-refractivity contribution < 1.29 is 9.18 Å². The van der Waals surface area contributed by atoms with Crippen LogP contribution < -0.4 is 5.73 Å². The number of aryl methyl sites for hydroxylation is 1. The number of benzene rings is 1. The summed E-state index contributed by atoms with van der Waals surface area (Å²) in [5.41, 5.74) is 9.91. The van der Waals surface area contributed by atoms with Crippen LogP contribution in [-0.2, 0) is 13.6 Å². The first-order chi connectivity index (χ1) is 19.5. The molecule has 0 unspecified atom stereocenters. The molecule has 0 bridgehead atoms. The molecule has 10 nitrogen and oxygen atoms in total. The first-order valence-corrected chi connectivity index (χ1v) is 12.7. The molecule has 0 saturated heterocycles. The summed E-state index contributed by atoms with van der Waals surface area (Å²) in [7, 11) is 1.77. The van der Waals surface area contributed by atoms with E-state index in [9.17, 15) is 4.79 Å². The van der Waals surface area contributed by atoms with E-state index in [4.69, 9.17) is 5.73 Å². The lowest BCUT2D eigenvalue weighted by Gasteiger charge is -2.22. The Hall–Kier alpha value is -5.37. The number of anilines is 1. The first kappa shape index (κ1) is 23.7. The van der Waals surface area contributed by atoms with E-state index in [0.29, 0.717) is 38.8 Å². The quantitative estimate of drug-likeness (QED) is 0.346. The maximum atomic E-state index is 15.3. The number of pyridine rings is 2. The van der Waals surface area contributed by atoms with Crippen molar-refractivity contribution in [3.05, 3.63) is 89.5 Å². The topological polar surface area (TPSA) is 120 Å². The van der Waals surface area contributed by atoms with Crippen LogP contribution >= 0.6 is 0 Å². The molecule has 196 valence electrons. The highest BCUT2D eigenvalue weighted by molar-refractivity contribution is 6.10. The molecule has 11 heteroatoms.